The van der Waals surface area contributed by atoms with Gasteiger partial charge in [0.1, 0.15) is 0 Å². The van der Waals surface area contributed by atoms with Crippen molar-refractivity contribution in [2.24, 2.45) is 0 Å². The number of nitrogens with one attached hydrogen (secondary N) is 1. The molecule has 0 bridgehead atoms. The maximum Gasteiger partial charge on any atom is 0.260 e. The summed E-state index contributed by atoms with van der Waals surface area (Å²) in [4.78, 5) is 17.4. The van der Waals surface area contributed by atoms with Crippen LogP contribution >= 0.6 is 11.6 Å². The van der Waals surface area contributed by atoms with Crippen molar-refractivity contribution < 1.29 is 18.8 Å². The van der Waals surface area contributed by atoms with E-state index in [1.807, 2.05) is 39.0 Å². The smallest absolute Gasteiger partial charge is 0.260 e. The van der Waals surface area contributed by atoms with E-state index in [0.717, 1.165) is 5.56 Å². The summed E-state index contributed by atoms with van der Waals surface area (Å²) in [6.07, 6.45) is 0. The van der Waals surface area contributed by atoms with Crippen LogP contribution in [0.5, 0.6) is 11.5 Å². The first-order valence-corrected chi connectivity index (χ1v) is 9.40. The van der Waals surface area contributed by atoms with Gasteiger partial charge in [0.25, 0.3) is 11.8 Å². The summed E-state index contributed by atoms with van der Waals surface area (Å²) in [5, 5.41) is 7.21. The zero-order chi connectivity index (χ0) is 21.1. The SMILES string of the molecule is COc1cc(C(=O)Nc2c(C)cccc2-c2nc(C(C)C)no2)cc(Cl)c1OC. The zero-order valence-corrected chi connectivity index (χ0v) is 17.6. The second kappa shape index (κ2) is 8.53. The number of anilines is 1. The number of aromatic nitrogens is 2. The van der Waals surface area contributed by atoms with Crippen LogP contribution in [0.3, 0.4) is 0 Å². The average Bonchev–Trinajstić information content (AvgIpc) is 3.19. The van der Waals surface area contributed by atoms with Gasteiger partial charge < -0.3 is 19.3 Å². The molecular weight excluding hydrogens is 394 g/mol. The molecule has 0 fully saturated rings. The molecule has 0 spiro atoms. The fourth-order valence-electron chi connectivity index (χ4n) is 2.83. The molecule has 0 saturated carbocycles. The van der Waals surface area contributed by atoms with E-state index >= 15 is 0 Å². The molecule has 0 radical (unpaired) electrons. The highest BCUT2D eigenvalue weighted by atomic mass is 35.5. The van der Waals surface area contributed by atoms with Crippen molar-refractivity contribution >= 4 is 23.2 Å². The van der Waals surface area contributed by atoms with Gasteiger partial charge in [0.2, 0.25) is 0 Å². The molecule has 2 aromatic carbocycles. The Bertz CT molecular complexity index is 1050. The van der Waals surface area contributed by atoms with E-state index in [-0.39, 0.29) is 16.8 Å². The second-order valence-corrected chi connectivity index (χ2v) is 7.16. The van der Waals surface area contributed by atoms with Crippen LogP contribution < -0.4 is 14.8 Å². The van der Waals surface area contributed by atoms with Crippen molar-refractivity contribution in [3.05, 3.63) is 52.3 Å². The molecular formula is C21H22ClN3O4. The van der Waals surface area contributed by atoms with Crippen molar-refractivity contribution in [2.75, 3.05) is 19.5 Å². The van der Waals surface area contributed by atoms with Gasteiger partial charge in [0.15, 0.2) is 17.3 Å². The molecule has 29 heavy (non-hydrogen) atoms. The quantitative estimate of drug-likeness (QED) is 0.603. The third-order valence-electron chi connectivity index (χ3n) is 4.40. The molecule has 7 nitrogen and oxygen atoms in total. The first-order chi connectivity index (χ1) is 13.8. The number of benzene rings is 2. The number of rotatable bonds is 6. The highest BCUT2D eigenvalue weighted by Gasteiger charge is 2.20. The second-order valence-electron chi connectivity index (χ2n) is 6.76. The summed E-state index contributed by atoms with van der Waals surface area (Å²) in [5.74, 6) is 1.46. The van der Waals surface area contributed by atoms with Crippen LogP contribution in [0.2, 0.25) is 5.02 Å². The van der Waals surface area contributed by atoms with Crippen molar-refractivity contribution in [3.63, 3.8) is 0 Å². The number of halogens is 1. The number of para-hydroxylation sites is 1. The maximum atomic E-state index is 13.0. The number of ether oxygens (including phenoxy) is 2. The Labute approximate surface area is 174 Å². The van der Waals surface area contributed by atoms with Gasteiger partial charge in [0.05, 0.1) is 30.5 Å². The molecule has 0 unspecified atom stereocenters. The van der Waals surface area contributed by atoms with E-state index in [2.05, 4.69) is 15.5 Å². The molecule has 1 amide bonds. The summed E-state index contributed by atoms with van der Waals surface area (Å²) in [6, 6.07) is 8.68. The van der Waals surface area contributed by atoms with Gasteiger partial charge in [-0.1, -0.05) is 42.7 Å². The zero-order valence-electron chi connectivity index (χ0n) is 16.9. The van der Waals surface area contributed by atoms with Crippen LogP contribution in [-0.2, 0) is 0 Å². The molecule has 0 aliphatic carbocycles. The minimum absolute atomic E-state index is 0.129. The summed E-state index contributed by atoms with van der Waals surface area (Å²) < 4.78 is 15.9. The van der Waals surface area contributed by atoms with Crippen LogP contribution in [-0.4, -0.2) is 30.3 Å². The monoisotopic (exact) mass is 415 g/mol. The van der Waals surface area contributed by atoms with Crippen LogP contribution in [0.4, 0.5) is 5.69 Å². The van der Waals surface area contributed by atoms with E-state index in [0.29, 0.717) is 40.0 Å². The van der Waals surface area contributed by atoms with Gasteiger partial charge in [0, 0.05) is 11.5 Å². The Morgan fingerprint density at radius 3 is 2.59 bits per heavy atom. The number of hydrogen-bond donors (Lipinski definition) is 1. The van der Waals surface area contributed by atoms with Gasteiger partial charge in [-0.25, -0.2) is 0 Å². The number of amides is 1. The van der Waals surface area contributed by atoms with Crippen molar-refractivity contribution in [3.8, 4) is 23.0 Å². The molecule has 0 aliphatic heterocycles. The van der Waals surface area contributed by atoms with Gasteiger partial charge in [-0.15, -0.1) is 0 Å². The predicted molar refractivity (Wildman–Crippen MR) is 111 cm³/mol. The lowest BCUT2D eigenvalue weighted by Crippen LogP contribution is -2.14. The lowest BCUT2D eigenvalue weighted by molar-refractivity contribution is 0.102. The summed E-state index contributed by atoms with van der Waals surface area (Å²) in [7, 11) is 2.97. The van der Waals surface area contributed by atoms with Crippen molar-refractivity contribution in [1.82, 2.24) is 10.1 Å². The summed E-state index contributed by atoms with van der Waals surface area (Å²) >= 11 is 6.23. The Kier molecular flexibility index (Phi) is 6.08. The Hall–Kier alpha value is -3.06. The molecule has 1 aromatic heterocycles. The Morgan fingerprint density at radius 2 is 1.97 bits per heavy atom. The first kappa shape index (κ1) is 20.7. The summed E-state index contributed by atoms with van der Waals surface area (Å²) in [5.41, 5.74) is 2.41. The number of methoxy groups -OCH3 is 2. The molecule has 3 aromatic rings. The molecule has 1 heterocycles. The van der Waals surface area contributed by atoms with Crippen LogP contribution in [0.25, 0.3) is 11.5 Å². The molecule has 0 atom stereocenters. The van der Waals surface area contributed by atoms with Crippen molar-refractivity contribution in [1.29, 1.82) is 0 Å². The van der Waals surface area contributed by atoms with Gasteiger partial charge in [-0.3, -0.25) is 4.79 Å². The lowest BCUT2D eigenvalue weighted by atomic mass is 10.1. The minimum atomic E-state index is -0.355. The summed E-state index contributed by atoms with van der Waals surface area (Å²) in [6.45, 7) is 5.85. The highest BCUT2D eigenvalue weighted by Crippen LogP contribution is 2.37. The molecule has 3 rings (SSSR count). The van der Waals surface area contributed by atoms with E-state index in [1.165, 1.54) is 20.3 Å². The van der Waals surface area contributed by atoms with Crippen LogP contribution in [0.1, 0.15) is 41.5 Å². The van der Waals surface area contributed by atoms with Gasteiger partial charge in [-0.2, -0.15) is 4.98 Å². The minimum Gasteiger partial charge on any atom is -0.493 e. The van der Waals surface area contributed by atoms with Gasteiger partial charge in [-0.05, 0) is 30.7 Å². The topological polar surface area (TPSA) is 86.5 Å². The molecule has 1 N–H and O–H groups in total. The Morgan fingerprint density at radius 1 is 1.21 bits per heavy atom. The number of nitrogens with zero attached hydrogens (tertiary/aromatic N) is 2. The fraction of sp³-hybridized carbons (Fsp3) is 0.286. The average molecular weight is 416 g/mol. The van der Waals surface area contributed by atoms with E-state index in [4.69, 9.17) is 25.6 Å². The molecule has 0 aliphatic rings. The van der Waals surface area contributed by atoms with E-state index in [9.17, 15) is 4.79 Å². The third kappa shape index (κ3) is 4.19. The first-order valence-electron chi connectivity index (χ1n) is 9.02. The largest absolute Gasteiger partial charge is 0.493 e. The van der Waals surface area contributed by atoms with Crippen molar-refractivity contribution in [2.45, 2.75) is 26.7 Å². The number of hydrogen-bond acceptors (Lipinski definition) is 6. The van der Waals surface area contributed by atoms with E-state index < -0.39 is 0 Å². The normalized spacial score (nSPS) is 10.9. The van der Waals surface area contributed by atoms with E-state index in [1.54, 1.807) is 6.07 Å². The van der Waals surface area contributed by atoms with Gasteiger partial charge >= 0.3 is 0 Å². The predicted octanol–water partition coefficient (Wildman–Crippen LogP) is 5.09. The number of aryl methyl sites for hydroxylation is 1. The standard InChI is InChI=1S/C21H22ClN3O4/c1-11(2)19-24-21(29-25-19)14-8-6-7-12(3)17(14)23-20(26)13-9-15(22)18(28-5)16(10-13)27-4/h6-11H,1-5H3,(H,23,26). The molecule has 8 heteroatoms. The maximum absolute atomic E-state index is 13.0. The van der Waals surface area contributed by atoms with Crippen LogP contribution in [0, 0.1) is 6.92 Å². The Balaban J connectivity index is 1.98. The lowest BCUT2D eigenvalue weighted by Gasteiger charge is -2.14. The highest BCUT2D eigenvalue weighted by molar-refractivity contribution is 6.32. The number of carbonyl (C=O) groups excluding carboxylic acids is 1. The molecule has 152 valence electrons. The number of carbonyl (C=O) groups is 1. The van der Waals surface area contributed by atoms with Crippen LogP contribution in [0.15, 0.2) is 34.9 Å². The fourth-order valence-corrected chi connectivity index (χ4v) is 3.11. The third-order valence-corrected chi connectivity index (χ3v) is 4.68. The molecule has 0 saturated heterocycles.